The summed E-state index contributed by atoms with van der Waals surface area (Å²) in [5.41, 5.74) is 1.01. The highest BCUT2D eigenvalue weighted by molar-refractivity contribution is 6.16. The van der Waals surface area contributed by atoms with Crippen LogP contribution in [0.25, 0.3) is 0 Å². The number of rotatable bonds is 2. The first kappa shape index (κ1) is 9.03. The summed E-state index contributed by atoms with van der Waals surface area (Å²) in [5.74, 6) is 0.476. The standard InChI is InChI=1S/C9H13ClN2O/c1-9(2-3-13-6-9)12-5-8(4-10)11-7-12/h5,7H,2-4,6H2,1H3. The fourth-order valence-corrected chi connectivity index (χ4v) is 1.73. The van der Waals surface area contributed by atoms with E-state index in [0.717, 1.165) is 25.3 Å². The average Bonchev–Trinajstić information content (AvgIpc) is 2.72. The molecule has 1 unspecified atom stereocenters. The Balaban J connectivity index is 2.23. The van der Waals surface area contributed by atoms with Crippen LogP contribution in [0.15, 0.2) is 12.5 Å². The van der Waals surface area contributed by atoms with Crippen molar-refractivity contribution in [2.45, 2.75) is 24.8 Å². The molecule has 1 aliphatic rings. The van der Waals surface area contributed by atoms with Crippen LogP contribution < -0.4 is 0 Å². The van der Waals surface area contributed by atoms with Crippen molar-refractivity contribution in [2.24, 2.45) is 0 Å². The molecule has 0 spiro atoms. The van der Waals surface area contributed by atoms with E-state index in [2.05, 4.69) is 16.5 Å². The summed E-state index contributed by atoms with van der Waals surface area (Å²) < 4.78 is 7.48. The van der Waals surface area contributed by atoms with E-state index in [0.29, 0.717) is 5.88 Å². The smallest absolute Gasteiger partial charge is 0.0955 e. The van der Waals surface area contributed by atoms with Crippen molar-refractivity contribution in [3.05, 3.63) is 18.2 Å². The van der Waals surface area contributed by atoms with Crippen molar-refractivity contribution in [3.63, 3.8) is 0 Å². The monoisotopic (exact) mass is 200 g/mol. The fourth-order valence-electron chi connectivity index (χ4n) is 1.59. The quantitative estimate of drug-likeness (QED) is 0.681. The zero-order chi connectivity index (χ0) is 9.31. The summed E-state index contributed by atoms with van der Waals surface area (Å²) in [7, 11) is 0. The molecule has 13 heavy (non-hydrogen) atoms. The number of ether oxygens (including phenoxy) is 1. The maximum atomic E-state index is 5.69. The van der Waals surface area contributed by atoms with Gasteiger partial charge >= 0.3 is 0 Å². The Hall–Kier alpha value is -0.540. The number of halogens is 1. The summed E-state index contributed by atoms with van der Waals surface area (Å²) in [6, 6.07) is 0. The van der Waals surface area contributed by atoms with E-state index in [9.17, 15) is 0 Å². The highest BCUT2D eigenvalue weighted by Gasteiger charge is 2.31. The van der Waals surface area contributed by atoms with Crippen LogP contribution in [0.5, 0.6) is 0 Å². The van der Waals surface area contributed by atoms with Gasteiger partial charge < -0.3 is 9.30 Å². The molecule has 1 fully saturated rings. The molecule has 0 amide bonds. The zero-order valence-electron chi connectivity index (χ0n) is 7.66. The molecular weight excluding hydrogens is 188 g/mol. The fraction of sp³-hybridized carbons (Fsp3) is 0.667. The Kier molecular flexibility index (Phi) is 2.30. The number of hydrogen-bond donors (Lipinski definition) is 0. The Labute approximate surface area is 82.7 Å². The summed E-state index contributed by atoms with van der Waals surface area (Å²) in [4.78, 5) is 4.20. The topological polar surface area (TPSA) is 27.1 Å². The van der Waals surface area contributed by atoms with E-state index < -0.39 is 0 Å². The second-order valence-electron chi connectivity index (χ2n) is 3.71. The molecule has 0 aromatic carbocycles. The maximum absolute atomic E-state index is 5.69. The van der Waals surface area contributed by atoms with Gasteiger partial charge in [-0.15, -0.1) is 11.6 Å². The normalized spacial score (nSPS) is 28.2. The average molecular weight is 201 g/mol. The number of hydrogen-bond acceptors (Lipinski definition) is 2. The summed E-state index contributed by atoms with van der Waals surface area (Å²) >= 11 is 5.69. The van der Waals surface area contributed by atoms with Crippen LogP contribution in [0.3, 0.4) is 0 Å². The molecule has 0 bridgehead atoms. The van der Waals surface area contributed by atoms with E-state index in [1.165, 1.54) is 0 Å². The molecule has 2 rings (SSSR count). The molecular formula is C9H13ClN2O. The molecule has 4 heteroatoms. The second kappa shape index (κ2) is 3.31. The third kappa shape index (κ3) is 1.58. The van der Waals surface area contributed by atoms with Gasteiger partial charge in [0.25, 0.3) is 0 Å². The predicted octanol–water partition coefficient (Wildman–Crippen LogP) is 1.76. The molecule has 0 saturated carbocycles. The van der Waals surface area contributed by atoms with Crippen LogP contribution in [0.4, 0.5) is 0 Å². The summed E-state index contributed by atoms with van der Waals surface area (Å²) in [6.45, 7) is 3.79. The second-order valence-corrected chi connectivity index (χ2v) is 3.97. The van der Waals surface area contributed by atoms with Crippen molar-refractivity contribution in [2.75, 3.05) is 13.2 Å². The lowest BCUT2D eigenvalue weighted by atomic mass is 10.0. The molecule has 1 atom stereocenters. The molecule has 3 nitrogen and oxygen atoms in total. The Bertz CT molecular complexity index is 292. The Morgan fingerprint density at radius 3 is 3.15 bits per heavy atom. The van der Waals surface area contributed by atoms with Crippen LogP contribution in [0.1, 0.15) is 19.0 Å². The van der Waals surface area contributed by atoms with Crippen molar-refractivity contribution < 1.29 is 4.74 Å². The van der Waals surface area contributed by atoms with E-state index in [1.54, 1.807) is 0 Å². The minimum absolute atomic E-state index is 0.0807. The van der Waals surface area contributed by atoms with Crippen molar-refractivity contribution in [1.82, 2.24) is 9.55 Å². The minimum atomic E-state index is 0.0807. The van der Waals surface area contributed by atoms with Crippen molar-refractivity contribution in [1.29, 1.82) is 0 Å². The van der Waals surface area contributed by atoms with Gasteiger partial charge in [0.15, 0.2) is 0 Å². The maximum Gasteiger partial charge on any atom is 0.0955 e. The van der Waals surface area contributed by atoms with E-state index >= 15 is 0 Å². The first-order valence-corrected chi connectivity index (χ1v) is 4.95. The Morgan fingerprint density at radius 2 is 2.62 bits per heavy atom. The Morgan fingerprint density at radius 1 is 1.77 bits per heavy atom. The van der Waals surface area contributed by atoms with Gasteiger partial charge in [-0.1, -0.05) is 0 Å². The van der Waals surface area contributed by atoms with Crippen LogP contribution in [-0.4, -0.2) is 22.8 Å². The van der Waals surface area contributed by atoms with Crippen LogP contribution in [0, 0.1) is 0 Å². The predicted molar refractivity (Wildman–Crippen MR) is 50.9 cm³/mol. The van der Waals surface area contributed by atoms with Gasteiger partial charge in [-0.2, -0.15) is 0 Å². The third-order valence-electron chi connectivity index (χ3n) is 2.59. The van der Waals surface area contributed by atoms with Gasteiger partial charge in [0.05, 0.1) is 30.0 Å². The first-order chi connectivity index (χ1) is 6.24. The molecule has 1 aliphatic heterocycles. The molecule has 1 aromatic rings. The molecule has 0 aliphatic carbocycles. The minimum Gasteiger partial charge on any atom is -0.379 e. The van der Waals surface area contributed by atoms with Crippen molar-refractivity contribution >= 4 is 11.6 Å². The summed E-state index contributed by atoms with van der Waals surface area (Å²) in [6.07, 6.45) is 4.89. The van der Waals surface area contributed by atoms with Crippen LogP contribution in [0.2, 0.25) is 0 Å². The number of imidazole rings is 1. The van der Waals surface area contributed by atoms with E-state index in [1.807, 2.05) is 12.5 Å². The summed E-state index contributed by atoms with van der Waals surface area (Å²) in [5, 5.41) is 0. The van der Waals surface area contributed by atoms with Gasteiger partial charge in [-0.05, 0) is 13.3 Å². The van der Waals surface area contributed by atoms with Crippen LogP contribution in [-0.2, 0) is 16.2 Å². The first-order valence-electron chi connectivity index (χ1n) is 4.42. The molecule has 0 N–H and O–H groups in total. The number of nitrogens with zero attached hydrogens (tertiary/aromatic N) is 2. The lowest BCUT2D eigenvalue weighted by Gasteiger charge is -2.23. The third-order valence-corrected chi connectivity index (χ3v) is 2.87. The van der Waals surface area contributed by atoms with Crippen molar-refractivity contribution in [3.8, 4) is 0 Å². The van der Waals surface area contributed by atoms with E-state index in [-0.39, 0.29) is 5.54 Å². The molecule has 1 aromatic heterocycles. The van der Waals surface area contributed by atoms with Gasteiger partial charge in [0.2, 0.25) is 0 Å². The lowest BCUT2D eigenvalue weighted by Crippen LogP contribution is -2.28. The molecule has 2 heterocycles. The van der Waals surface area contributed by atoms with Gasteiger partial charge in [-0.3, -0.25) is 0 Å². The number of alkyl halides is 1. The SMILES string of the molecule is CC1(n2cnc(CCl)c2)CCOC1. The van der Waals surface area contributed by atoms with E-state index in [4.69, 9.17) is 16.3 Å². The molecule has 1 saturated heterocycles. The zero-order valence-corrected chi connectivity index (χ0v) is 8.42. The van der Waals surface area contributed by atoms with Gasteiger partial charge in [0.1, 0.15) is 0 Å². The van der Waals surface area contributed by atoms with Crippen LogP contribution >= 0.6 is 11.6 Å². The largest absolute Gasteiger partial charge is 0.379 e. The lowest BCUT2D eigenvalue weighted by molar-refractivity contribution is 0.161. The molecule has 72 valence electrons. The molecule has 0 radical (unpaired) electrons. The number of aromatic nitrogens is 2. The van der Waals surface area contributed by atoms with Gasteiger partial charge in [-0.25, -0.2) is 4.98 Å². The highest BCUT2D eigenvalue weighted by Crippen LogP contribution is 2.26. The van der Waals surface area contributed by atoms with Gasteiger partial charge in [0, 0.05) is 12.8 Å². The highest BCUT2D eigenvalue weighted by atomic mass is 35.5.